The van der Waals surface area contributed by atoms with Crippen molar-refractivity contribution in [2.24, 2.45) is 5.14 Å². The zero-order valence-corrected chi connectivity index (χ0v) is 19.4. The Morgan fingerprint density at radius 2 is 1.61 bits per heavy atom. The van der Waals surface area contributed by atoms with Gasteiger partial charge in [0.15, 0.2) is 0 Å². The number of anilines is 1. The molecule has 1 saturated carbocycles. The second kappa shape index (κ2) is 9.92. The van der Waals surface area contributed by atoms with E-state index in [1.54, 1.807) is 7.05 Å². The standard InChI is InChI=1S/C19H31N5O5S2/c1-22(17-5-3-2-4-6-17)31(28,29)24-13-11-23(12-14-24)15-19(25)21-16-7-9-18(10-8-16)30(20,26)27/h7-10,17H,2-6,11-15H2,1H3,(H,21,25)(H2,20,26,27). The molecule has 0 unspecified atom stereocenters. The Balaban J connectivity index is 1.48. The molecule has 12 heteroatoms. The number of benzene rings is 1. The van der Waals surface area contributed by atoms with Crippen LogP contribution >= 0.6 is 0 Å². The van der Waals surface area contributed by atoms with Crippen molar-refractivity contribution >= 4 is 31.8 Å². The molecule has 0 radical (unpaired) electrons. The Bertz CT molecular complexity index is 967. The highest BCUT2D eigenvalue weighted by atomic mass is 32.2. The van der Waals surface area contributed by atoms with Crippen molar-refractivity contribution in [2.45, 2.75) is 43.0 Å². The summed E-state index contributed by atoms with van der Waals surface area (Å²) in [6.45, 7) is 1.75. The largest absolute Gasteiger partial charge is 0.325 e. The van der Waals surface area contributed by atoms with Gasteiger partial charge in [0.25, 0.3) is 10.2 Å². The van der Waals surface area contributed by atoms with Crippen LogP contribution in [0.25, 0.3) is 0 Å². The quantitative estimate of drug-likeness (QED) is 0.589. The van der Waals surface area contributed by atoms with Crippen molar-refractivity contribution in [3.05, 3.63) is 24.3 Å². The number of hydrogen-bond donors (Lipinski definition) is 2. The van der Waals surface area contributed by atoms with E-state index < -0.39 is 20.2 Å². The second-order valence-corrected chi connectivity index (χ2v) is 11.7. The highest BCUT2D eigenvalue weighted by molar-refractivity contribution is 7.89. The molecule has 31 heavy (non-hydrogen) atoms. The zero-order chi connectivity index (χ0) is 22.6. The summed E-state index contributed by atoms with van der Waals surface area (Å²) in [5.74, 6) is -0.251. The molecule has 3 N–H and O–H groups in total. The number of hydrogen-bond acceptors (Lipinski definition) is 6. The molecule has 0 aromatic heterocycles. The summed E-state index contributed by atoms with van der Waals surface area (Å²) >= 11 is 0. The van der Waals surface area contributed by atoms with Crippen LogP contribution in [0, 0.1) is 0 Å². The molecule has 0 spiro atoms. The molecule has 10 nitrogen and oxygen atoms in total. The Morgan fingerprint density at radius 1 is 1.03 bits per heavy atom. The van der Waals surface area contributed by atoms with Gasteiger partial charge in [-0.2, -0.15) is 17.0 Å². The normalized spacial score (nSPS) is 20.1. The summed E-state index contributed by atoms with van der Waals surface area (Å²) in [7, 11) is -5.61. The Kier molecular flexibility index (Phi) is 7.71. The molecule has 1 amide bonds. The molecule has 2 fully saturated rings. The zero-order valence-electron chi connectivity index (χ0n) is 17.7. The maximum absolute atomic E-state index is 13.0. The van der Waals surface area contributed by atoms with E-state index in [1.807, 2.05) is 4.90 Å². The maximum Gasteiger partial charge on any atom is 0.282 e. The van der Waals surface area contributed by atoms with Crippen LogP contribution in [0.3, 0.4) is 0 Å². The van der Waals surface area contributed by atoms with Crippen molar-refractivity contribution in [1.29, 1.82) is 0 Å². The molecule has 1 aromatic rings. The third-order valence-corrected chi connectivity index (χ3v) is 8.92. The van der Waals surface area contributed by atoms with Gasteiger partial charge >= 0.3 is 0 Å². The number of amides is 1. The van der Waals surface area contributed by atoms with Crippen LogP contribution in [0.2, 0.25) is 0 Å². The first-order chi connectivity index (χ1) is 14.6. The number of rotatable bonds is 7. The van der Waals surface area contributed by atoms with Gasteiger partial charge in [0.1, 0.15) is 0 Å². The molecule has 1 aliphatic heterocycles. The first kappa shape index (κ1) is 24.1. The van der Waals surface area contributed by atoms with E-state index in [4.69, 9.17) is 5.14 Å². The fourth-order valence-corrected chi connectivity index (χ4v) is 6.16. The van der Waals surface area contributed by atoms with Crippen LogP contribution in [-0.4, -0.2) is 82.1 Å². The molecule has 0 bridgehead atoms. The number of nitrogens with zero attached hydrogens (tertiary/aromatic N) is 3. The number of nitrogens with two attached hydrogens (primary N) is 1. The van der Waals surface area contributed by atoms with Gasteiger partial charge in [0.2, 0.25) is 15.9 Å². The summed E-state index contributed by atoms with van der Waals surface area (Å²) in [4.78, 5) is 14.2. The summed E-state index contributed by atoms with van der Waals surface area (Å²) in [5.41, 5.74) is 0.465. The van der Waals surface area contributed by atoms with E-state index >= 15 is 0 Å². The summed E-state index contributed by atoms with van der Waals surface area (Å²) in [6.07, 6.45) is 5.12. The van der Waals surface area contributed by atoms with Crippen LogP contribution in [0.15, 0.2) is 29.2 Å². The Labute approximate surface area is 184 Å². The molecule has 1 heterocycles. The highest BCUT2D eigenvalue weighted by Crippen LogP contribution is 2.25. The van der Waals surface area contributed by atoms with E-state index in [0.29, 0.717) is 31.9 Å². The smallest absolute Gasteiger partial charge is 0.282 e. The topological polar surface area (TPSA) is 133 Å². The van der Waals surface area contributed by atoms with Gasteiger partial charge < -0.3 is 5.32 Å². The van der Waals surface area contributed by atoms with Crippen LogP contribution in [0.1, 0.15) is 32.1 Å². The Hall–Kier alpha value is -1.57. The summed E-state index contributed by atoms with van der Waals surface area (Å²) < 4.78 is 51.5. The number of nitrogens with one attached hydrogen (secondary N) is 1. The Morgan fingerprint density at radius 3 is 2.16 bits per heavy atom. The predicted octanol–water partition coefficient (Wildman–Crippen LogP) is 0.399. The minimum Gasteiger partial charge on any atom is -0.325 e. The van der Waals surface area contributed by atoms with Crippen molar-refractivity contribution < 1.29 is 21.6 Å². The summed E-state index contributed by atoms with van der Waals surface area (Å²) in [6, 6.07) is 5.68. The molecule has 3 rings (SSSR count). The van der Waals surface area contributed by atoms with Crippen LogP contribution in [0.5, 0.6) is 0 Å². The van der Waals surface area contributed by atoms with Gasteiger partial charge in [-0.05, 0) is 37.1 Å². The van der Waals surface area contributed by atoms with Gasteiger partial charge in [-0.15, -0.1) is 0 Å². The first-order valence-electron chi connectivity index (χ1n) is 10.5. The fourth-order valence-electron chi connectivity index (χ4n) is 4.07. The molecule has 1 saturated heterocycles. The van der Waals surface area contributed by atoms with Crippen LogP contribution in [-0.2, 0) is 25.0 Å². The van der Waals surface area contributed by atoms with E-state index in [9.17, 15) is 21.6 Å². The predicted molar refractivity (Wildman–Crippen MR) is 118 cm³/mol. The number of carbonyl (C=O) groups is 1. The van der Waals surface area contributed by atoms with E-state index in [-0.39, 0.29) is 23.4 Å². The molecular weight excluding hydrogens is 442 g/mol. The SMILES string of the molecule is CN(C1CCCCC1)S(=O)(=O)N1CCN(CC(=O)Nc2ccc(S(N)(=O)=O)cc2)CC1. The number of carbonyl (C=O) groups excluding carboxylic acids is 1. The van der Waals surface area contributed by atoms with E-state index in [0.717, 1.165) is 25.7 Å². The van der Waals surface area contributed by atoms with Crippen molar-refractivity contribution in [2.75, 3.05) is 45.1 Å². The second-order valence-electron chi connectivity index (χ2n) is 8.11. The van der Waals surface area contributed by atoms with Crippen molar-refractivity contribution in [1.82, 2.24) is 13.5 Å². The third-order valence-electron chi connectivity index (χ3n) is 5.94. The number of primary sulfonamides is 1. The maximum atomic E-state index is 13.0. The molecule has 174 valence electrons. The van der Waals surface area contributed by atoms with Gasteiger partial charge in [-0.3, -0.25) is 9.69 Å². The lowest BCUT2D eigenvalue weighted by Gasteiger charge is -2.38. The average Bonchev–Trinajstić information content (AvgIpc) is 2.74. The van der Waals surface area contributed by atoms with Gasteiger partial charge in [-0.25, -0.2) is 13.6 Å². The fraction of sp³-hybridized carbons (Fsp3) is 0.632. The average molecular weight is 474 g/mol. The highest BCUT2D eigenvalue weighted by Gasteiger charge is 2.34. The monoisotopic (exact) mass is 473 g/mol. The van der Waals surface area contributed by atoms with E-state index in [2.05, 4.69) is 5.32 Å². The van der Waals surface area contributed by atoms with Crippen LogP contribution in [0.4, 0.5) is 5.69 Å². The lowest BCUT2D eigenvalue weighted by Crippen LogP contribution is -2.55. The molecular formula is C19H31N5O5S2. The molecule has 1 aliphatic carbocycles. The van der Waals surface area contributed by atoms with E-state index in [1.165, 1.54) is 39.3 Å². The van der Waals surface area contributed by atoms with Gasteiger partial charge in [0.05, 0.1) is 11.4 Å². The molecule has 2 aliphatic rings. The number of sulfonamides is 1. The summed E-state index contributed by atoms with van der Waals surface area (Å²) in [5, 5.41) is 7.78. The lowest BCUT2D eigenvalue weighted by atomic mass is 9.96. The third kappa shape index (κ3) is 6.24. The number of piperazine rings is 1. The molecule has 0 atom stereocenters. The van der Waals surface area contributed by atoms with Gasteiger partial charge in [-0.1, -0.05) is 19.3 Å². The van der Waals surface area contributed by atoms with Gasteiger partial charge in [0, 0.05) is 45.0 Å². The minimum atomic E-state index is -3.78. The first-order valence-corrected chi connectivity index (χ1v) is 13.4. The lowest BCUT2D eigenvalue weighted by molar-refractivity contribution is -0.117. The molecule has 1 aromatic carbocycles. The minimum absolute atomic E-state index is 0.0268. The van der Waals surface area contributed by atoms with Crippen molar-refractivity contribution in [3.63, 3.8) is 0 Å². The van der Waals surface area contributed by atoms with Crippen LogP contribution < -0.4 is 10.5 Å². The van der Waals surface area contributed by atoms with Crippen molar-refractivity contribution in [3.8, 4) is 0 Å².